The Bertz CT molecular complexity index is 530. The number of carbonyl (C=O) groups is 1. The lowest BCUT2D eigenvalue weighted by Crippen LogP contribution is -2.44. The smallest absolute Gasteiger partial charge is 0.255 e. The molecule has 0 aliphatic carbocycles. The van der Waals surface area contributed by atoms with Crippen molar-refractivity contribution in [1.29, 1.82) is 0 Å². The van der Waals surface area contributed by atoms with Crippen LogP contribution in [0.3, 0.4) is 0 Å². The van der Waals surface area contributed by atoms with Gasteiger partial charge in [-0.15, -0.1) is 0 Å². The van der Waals surface area contributed by atoms with Gasteiger partial charge in [0.25, 0.3) is 5.91 Å². The van der Waals surface area contributed by atoms with Crippen LogP contribution in [0, 0.1) is 11.8 Å². The van der Waals surface area contributed by atoms with Crippen molar-refractivity contribution in [2.45, 2.75) is 19.4 Å². The van der Waals surface area contributed by atoms with Gasteiger partial charge in [0.15, 0.2) is 0 Å². The zero-order valence-corrected chi connectivity index (χ0v) is 11.6. The lowest BCUT2D eigenvalue weighted by molar-refractivity contribution is -0.0124. The monoisotopic (exact) mass is 273 g/mol. The Balaban J connectivity index is 2.19. The number of amides is 1. The molecule has 1 aromatic carbocycles. The highest BCUT2D eigenvalue weighted by atomic mass is 16.5. The summed E-state index contributed by atoms with van der Waals surface area (Å²) in [6, 6.07) is 7.34. The van der Waals surface area contributed by atoms with Crippen LogP contribution in [0.5, 0.6) is 0 Å². The number of aliphatic hydroxyl groups excluding tert-OH is 1. The SMILES string of the molecule is CC1CN(C(=O)c2ccccc2C#CCCO)CCO1. The van der Waals surface area contributed by atoms with Gasteiger partial charge in [-0.2, -0.15) is 0 Å². The van der Waals surface area contributed by atoms with Crippen LogP contribution < -0.4 is 0 Å². The highest BCUT2D eigenvalue weighted by Gasteiger charge is 2.23. The molecule has 1 fully saturated rings. The molecule has 0 bridgehead atoms. The molecule has 1 saturated heterocycles. The molecule has 4 nitrogen and oxygen atoms in total. The first-order valence-electron chi connectivity index (χ1n) is 6.82. The van der Waals surface area contributed by atoms with Crippen molar-refractivity contribution < 1.29 is 14.6 Å². The molecule has 1 unspecified atom stereocenters. The minimum atomic E-state index is -0.00551. The molecule has 1 amide bonds. The van der Waals surface area contributed by atoms with E-state index in [1.54, 1.807) is 11.0 Å². The molecule has 0 aromatic heterocycles. The molecule has 1 N–H and O–H groups in total. The standard InChI is InChI=1S/C16H19NO3/c1-13-12-17(9-11-20-13)16(19)15-8-3-2-6-14(15)7-4-5-10-18/h2-3,6,8,13,18H,5,9-12H2,1H3. The van der Waals surface area contributed by atoms with Crippen molar-refractivity contribution in [3.63, 3.8) is 0 Å². The highest BCUT2D eigenvalue weighted by molar-refractivity contribution is 5.96. The van der Waals surface area contributed by atoms with E-state index in [1.807, 2.05) is 25.1 Å². The van der Waals surface area contributed by atoms with Crippen LogP contribution in [0.15, 0.2) is 24.3 Å². The Morgan fingerprint density at radius 2 is 2.30 bits per heavy atom. The van der Waals surface area contributed by atoms with Gasteiger partial charge in [-0.05, 0) is 19.1 Å². The summed E-state index contributed by atoms with van der Waals surface area (Å²) in [6.45, 7) is 3.79. The van der Waals surface area contributed by atoms with Crippen LogP contribution in [0.2, 0.25) is 0 Å². The maximum absolute atomic E-state index is 12.6. The van der Waals surface area contributed by atoms with Crippen molar-refractivity contribution in [3.8, 4) is 11.8 Å². The van der Waals surface area contributed by atoms with Crippen molar-refractivity contribution in [2.75, 3.05) is 26.3 Å². The second-order valence-corrected chi connectivity index (χ2v) is 4.75. The molecule has 1 heterocycles. The lowest BCUT2D eigenvalue weighted by Gasteiger charge is -2.31. The fraction of sp³-hybridized carbons (Fsp3) is 0.438. The van der Waals surface area contributed by atoms with E-state index in [9.17, 15) is 4.79 Å². The van der Waals surface area contributed by atoms with Gasteiger partial charge in [-0.3, -0.25) is 4.79 Å². The molecule has 0 spiro atoms. The first kappa shape index (κ1) is 14.6. The van der Waals surface area contributed by atoms with E-state index in [0.717, 1.165) is 0 Å². The van der Waals surface area contributed by atoms with Gasteiger partial charge in [0.05, 0.1) is 24.9 Å². The Labute approximate surface area is 119 Å². The average molecular weight is 273 g/mol. The summed E-state index contributed by atoms with van der Waals surface area (Å²) in [7, 11) is 0. The number of aliphatic hydroxyl groups is 1. The summed E-state index contributed by atoms with van der Waals surface area (Å²) in [5, 5.41) is 8.76. The number of carbonyl (C=O) groups excluding carboxylic acids is 1. The summed E-state index contributed by atoms with van der Waals surface area (Å²) in [4.78, 5) is 14.4. The number of rotatable bonds is 2. The zero-order valence-electron chi connectivity index (χ0n) is 11.6. The number of nitrogens with zero attached hydrogens (tertiary/aromatic N) is 1. The topological polar surface area (TPSA) is 49.8 Å². The molecular formula is C16H19NO3. The number of benzene rings is 1. The van der Waals surface area contributed by atoms with Gasteiger partial charge in [-0.1, -0.05) is 24.0 Å². The van der Waals surface area contributed by atoms with Gasteiger partial charge in [0.2, 0.25) is 0 Å². The average Bonchev–Trinajstić information content (AvgIpc) is 2.47. The Kier molecular flexibility index (Phi) is 5.16. The Morgan fingerprint density at radius 1 is 1.50 bits per heavy atom. The lowest BCUT2D eigenvalue weighted by atomic mass is 10.1. The van der Waals surface area contributed by atoms with Crippen LogP contribution in [0.4, 0.5) is 0 Å². The van der Waals surface area contributed by atoms with Gasteiger partial charge >= 0.3 is 0 Å². The van der Waals surface area contributed by atoms with Crippen LogP contribution in [0.1, 0.15) is 29.3 Å². The number of hydrogen-bond acceptors (Lipinski definition) is 3. The number of hydrogen-bond donors (Lipinski definition) is 1. The molecule has 0 radical (unpaired) electrons. The Morgan fingerprint density at radius 3 is 3.05 bits per heavy atom. The third kappa shape index (κ3) is 3.60. The van der Waals surface area contributed by atoms with E-state index in [1.165, 1.54) is 0 Å². The van der Waals surface area contributed by atoms with Crippen LogP contribution in [-0.2, 0) is 4.74 Å². The third-order valence-corrected chi connectivity index (χ3v) is 3.15. The van der Waals surface area contributed by atoms with Crippen LogP contribution in [0.25, 0.3) is 0 Å². The van der Waals surface area contributed by atoms with E-state index in [0.29, 0.717) is 37.2 Å². The highest BCUT2D eigenvalue weighted by Crippen LogP contribution is 2.14. The first-order valence-corrected chi connectivity index (χ1v) is 6.82. The number of ether oxygens (including phenoxy) is 1. The second-order valence-electron chi connectivity index (χ2n) is 4.75. The normalized spacial score (nSPS) is 18.3. The summed E-state index contributed by atoms with van der Waals surface area (Å²) in [5.41, 5.74) is 1.33. The van der Waals surface area contributed by atoms with Crippen LogP contribution in [-0.4, -0.2) is 48.3 Å². The molecule has 1 atom stereocenters. The second kappa shape index (κ2) is 7.09. The van der Waals surface area contributed by atoms with E-state index >= 15 is 0 Å². The van der Waals surface area contributed by atoms with Gasteiger partial charge in [-0.25, -0.2) is 0 Å². The molecule has 0 saturated carbocycles. The number of morpholine rings is 1. The molecule has 1 aromatic rings. The van der Waals surface area contributed by atoms with E-state index in [4.69, 9.17) is 9.84 Å². The molecule has 20 heavy (non-hydrogen) atoms. The fourth-order valence-corrected chi connectivity index (χ4v) is 2.17. The maximum Gasteiger partial charge on any atom is 0.255 e. The van der Waals surface area contributed by atoms with E-state index in [2.05, 4.69) is 11.8 Å². The van der Waals surface area contributed by atoms with Gasteiger partial charge in [0, 0.05) is 25.1 Å². The van der Waals surface area contributed by atoms with Crippen molar-refractivity contribution in [2.24, 2.45) is 0 Å². The fourth-order valence-electron chi connectivity index (χ4n) is 2.17. The predicted octanol–water partition coefficient (Wildman–Crippen LogP) is 1.28. The summed E-state index contributed by atoms with van der Waals surface area (Å²) in [5.74, 6) is 5.81. The maximum atomic E-state index is 12.6. The summed E-state index contributed by atoms with van der Waals surface area (Å²) < 4.78 is 5.45. The molecule has 106 valence electrons. The summed E-state index contributed by atoms with van der Waals surface area (Å²) in [6.07, 6.45) is 0.484. The molecule has 4 heteroatoms. The minimum absolute atomic E-state index is 0.00551. The van der Waals surface area contributed by atoms with Crippen molar-refractivity contribution in [1.82, 2.24) is 4.90 Å². The largest absolute Gasteiger partial charge is 0.395 e. The van der Waals surface area contributed by atoms with Crippen molar-refractivity contribution in [3.05, 3.63) is 35.4 Å². The third-order valence-electron chi connectivity index (χ3n) is 3.15. The van der Waals surface area contributed by atoms with E-state index in [-0.39, 0.29) is 18.6 Å². The Hall–Kier alpha value is -1.83. The predicted molar refractivity (Wildman–Crippen MR) is 76.3 cm³/mol. The minimum Gasteiger partial charge on any atom is -0.395 e. The van der Waals surface area contributed by atoms with Gasteiger partial charge < -0.3 is 14.7 Å². The molecular weight excluding hydrogens is 254 g/mol. The summed E-state index contributed by atoms with van der Waals surface area (Å²) >= 11 is 0. The molecule has 2 rings (SSSR count). The van der Waals surface area contributed by atoms with Crippen molar-refractivity contribution >= 4 is 5.91 Å². The van der Waals surface area contributed by atoms with Gasteiger partial charge in [0.1, 0.15) is 0 Å². The quantitative estimate of drug-likeness (QED) is 0.826. The van der Waals surface area contributed by atoms with E-state index < -0.39 is 0 Å². The first-order chi connectivity index (χ1) is 9.72. The zero-order chi connectivity index (χ0) is 14.4. The molecule has 1 aliphatic rings. The van der Waals surface area contributed by atoms with Crippen LogP contribution >= 0.6 is 0 Å². The molecule has 1 aliphatic heterocycles.